The lowest BCUT2D eigenvalue weighted by Gasteiger charge is -2.21. The third-order valence-electron chi connectivity index (χ3n) is 1.41. The molecule has 0 heterocycles. The molecule has 0 saturated carbocycles. The first-order valence-corrected chi connectivity index (χ1v) is 6.10. The van der Waals surface area contributed by atoms with Crippen molar-refractivity contribution >= 4 is 28.0 Å². The van der Waals surface area contributed by atoms with Crippen molar-refractivity contribution in [2.45, 2.75) is 39.3 Å². The molecule has 0 bridgehead atoms. The number of carbonyl (C=O) groups is 2. The van der Waals surface area contributed by atoms with E-state index in [0.717, 1.165) is 0 Å². The number of alkyl carbamates (subject to hydrolysis) is 1. The molecular formula is C10H18BrNO4. The topological polar surface area (TPSA) is 64.6 Å². The maximum atomic E-state index is 11.3. The van der Waals surface area contributed by atoms with Crippen LogP contribution in [0.2, 0.25) is 0 Å². The molecule has 0 aromatic heterocycles. The van der Waals surface area contributed by atoms with Gasteiger partial charge in [-0.1, -0.05) is 15.9 Å². The van der Waals surface area contributed by atoms with Crippen LogP contribution in [-0.2, 0) is 14.3 Å². The molecule has 0 radical (unpaired) electrons. The Morgan fingerprint density at radius 3 is 2.38 bits per heavy atom. The van der Waals surface area contributed by atoms with Crippen molar-refractivity contribution in [1.82, 2.24) is 5.32 Å². The monoisotopic (exact) mass is 295 g/mol. The summed E-state index contributed by atoms with van der Waals surface area (Å²) in [5, 5.41) is 2.96. The number of carbonyl (C=O) groups excluding carboxylic acids is 2. The van der Waals surface area contributed by atoms with E-state index in [9.17, 15) is 9.59 Å². The van der Waals surface area contributed by atoms with Crippen molar-refractivity contribution in [3.8, 4) is 0 Å². The summed E-state index contributed by atoms with van der Waals surface area (Å²) < 4.78 is 9.82. The predicted molar refractivity (Wildman–Crippen MR) is 63.6 cm³/mol. The Balaban J connectivity index is 3.99. The van der Waals surface area contributed by atoms with Gasteiger partial charge in [0.15, 0.2) is 0 Å². The normalized spacial score (nSPS) is 12.8. The van der Waals surface area contributed by atoms with Gasteiger partial charge in [-0.05, 0) is 27.7 Å². The van der Waals surface area contributed by atoms with Crippen LogP contribution in [0.4, 0.5) is 4.79 Å². The van der Waals surface area contributed by atoms with E-state index in [0.29, 0.717) is 5.33 Å². The highest BCUT2D eigenvalue weighted by Gasteiger charge is 2.21. The number of nitrogens with one attached hydrogen (secondary N) is 1. The fourth-order valence-corrected chi connectivity index (χ4v) is 0.969. The van der Waals surface area contributed by atoms with Gasteiger partial charge < -0.3 is 14.8 Å². The van der Waals surface area contributed by atoms with E-state index < -0.39 is 23.7 Å². The number of ether oxygens (including phenoxy) is 2. The van der Waals surface area contributed by atoms with Crippen LogP contribution in [0.1, 0.15) is 27.7 Å². The lowest BCUT2D eigenvalue weighted by molar-refractivity contribution is -0.145. The maximum Gasteiger partial charge on any atom is 0.408 e. The molecule has 0 aromatic rings. The zero-order valence-electron chi connectivity index (χ0n) is 10.0. The highest BCUT2D eigenvalue weighted by atomic mass is 79.9. The Morgan fingerprint density at radius 1 is 1.38 bits per heavy atom. The van der Waals surface area contributed by atoms with Gasteiger partial charge in [0, 0.05) is 5.33 Å². The van der Waals surface area contributed by atoms with Gasteiger partial charge in [0.05, 0.1) is 0 Å². The first kappa shape index (κ1) is 15.2. The van der Waals surface area contributed by atoms with Crippen LogP contribution < -0.4 is 5.32 Å². The molecule has 0 saturated heterocycles. The summed E-state index contributed by atoms with van der Waals surface area (Å²) in [4.78, 5) is 22.6. The predicted octanol–water partition coefficient (Wildman–Crippen LogP) is 1.84. The van der Waals surface area contributed by atoms with Gasteiger partial charge in [-0.2, -0.15) is 0 Å². The van der Waals surface area contributed by atoms with Gasteiger partial charge in [-0.15, -0.1) is 0 Å². The summed E-state index contributed by atoms with van der Waals surface area (Å²) >= 11 is 3.13. The molecule has 0 aliphatic heterocycles. The number of rotatable bonds is 4. The SMILES string of the molecule is C[C@H](NC(=O)OC(C)(C)C)C(=O)OCCBr. The zero-order valence-corrected chi connectivity index (χ0v) is 11.6. The second kappa shape index (κ2) is 6.73. The molecule has 0 aromatic carbocycles. The number of halogens is 1. The molecule has 1 N–H and O–H groups in total. The molecule has 0 aliphatic carbocycles. The Labute approximate surface area is 104 Å². The minimum Gasteiger partial charge on any atom is -0.463 e. The molecule has 0 unspecified atom stereocenters. The third-order valence-corrected chi connectivity index (χ3v) is 1.73. The van der Waals surface area contributed by atoms with Crippen LogP contribution in [0.3, 0.4) is 0 Å². The second-order valence-corrected chi connectivity index (χ2v) is 5.02. The smallest absolute Gasteiger partial charge is 0.408 e. The van der Waals surface area contributed by atoms with Crippen molar-refractivity contribution in [3.63, 3.8) is 0 Å². The van der Waals surface area contributed by atoms with E-state index in [1.807, 2.05) is 0 Å². The molecule has 16 heavy (non-hydrogen) atoms. The van der Waals surface area contributed by atoms with E-state index in [-0.39, 0.29) is 6.61 Å². The molecule has 6 heteroatoms. The van der Waals surface area contributed by atoms with Crippen molar-refractivity contribution in [2.24, 2.45) is 0 Å². The average molecular weight is 296 g/mol. The lowest BCUT2D eigenvalue weighted by atomic mass is 10.2. The number of esters is 1. The molecular weight excluding hydrogens is 278 g/mol. The van der Waals surface area contributed by atoms with Gasteiger partial charge in [-0.25, -0.2) is 9.59 Å². The van der Waals surface area contributed by atoms with Gasteiger partial charge in [-0.3, -0.25) is 0 Å². The zero-order chi connectivity index (χ0) is 12.8. The number of alkyl halides is 1. The number of hydrogen-bond donors (Lipinski definition) is 1. The Kier molecular flexibility index (Phi) is 6.40. The van der Waals surface area contributed by atoms with Crippen LogP contribution in [0.5, 0.6) is 0 Å². The highest BCUT2D eigenvalue weighted by Crippen LogP contribution is 2.06. The summed E-state index contributed by atoms with van der Waals surface area (Å²) in [6, 6.07) is -0.714. The van der Waals surface area contributed by atoms with Crippen molar-refractivity contribution in [1.29, 1.82) is 0 Å². The summed E-state index contributed by atoms with van der Waals surface area (Å²) in [5.41, 5.74) is -0.580. The van der Waals surface area contributed by atoms with Crippen LogP contribution >= 0.6 is 15.9 Å². The molecule has 1 amide bonds. The Bertz CT molecular complexity index is 250. The molecule has 94 valence electrons. The van der Waals surface area contributed by atoms with Crippen LogP contribution in [0, 0.1) is 0 Å². The van der Waals surface area contributed by atoms with Gasteiger partial charge >= 0.3 is 12.1 Å². The van der Waals surface area contributed by atoms with Crippen molar-refractivity contribution in [3.05, 3.63) is 0 Å². The van der Waals surface area contributed by atoms with Crippen LogP contribution in [-0.4, -0.2) is 35.6 Å². The molecule has 0 rings (SSSR count). The number of hydrogen-bond acceptors (Lipinski definition) is 4. The fraction of sp³-hybridized carbons (Fsp3) is 0.800. The van der Waals surface area contributed by atoms with Gasteiger partial charge in [0.1, 0.15) is 18.2 Å². The van der Waals surface area contributed by atoms with E-state index in [4.69, 9.17) is 9.47 Å². The van der Waals surface area contributed by atoms with E-state index >= 15 is 0 Å². The Hall–Kier alpha value is -0.780. The van der Waals surface area contributed by atoms with Crippen LogP contribution in [0.25, 0.3) is 0 Å². The first-order valence-electron chi connectivity index (χ1n) is 4.98. The fourth-order valence-electron chi connectivity index (χ4n) is 0.807. The van der Waals surface area contributed by atoms with E-state index in [1.165, 1.54) is 0 Å². The third kappa shape index (κ3) is 7.50. The lowest BCUT2D eigenvalue weighted by Crippen LogP contribution is -2.42. The molecule has 5 nitrogen and oxygen atoms in total. The van der Waals surface area contributed by atoms with E-state index in [1.54, 1.807) is 27.7 Å². The minimum atomic E-state index is -0.714. The quantitative estimate of drug-likeness (QED) is 0.635. The summed E-state index contributed by atoms with van der Waals surface area (Å²) in [7, 11) is 0. The minimum absolute atomic E-state index is 0.277. The standard InChI is InChI=1S/C10H18BrNO4/c1-7(8(13)15-6-5-11)12-9(14)16-10(2,3)4/h7H,5-6H2,1-4H3,(H,12,14)/t7-/m0/s1. The van der Waals surface area contributed by atoms with Crippen molar-refractivity contribution in [2.75, 3.05) is 11.9 Å². The highest BCUT2D eigenvalue weighted by molar-refractivity contribution is 9.09. The maximum absolute atomic E-state index is 11.3. The van der Waals surface area contributed by atoms with Crippen molar-refractivity contribution < 1.29 is 19.1 Å². The summed E-state index contributed by atoms with van der Waals surface area (Å²) in [5.74, 6) is -0.481. The molecule has 0 spiro atoms. The Morgan fingerprint density at radius 2 is 1.94 bits per heavy atom. The second-order valence-electron chi connectivity index (χ2n) is 4.22. The average Bonchev–Trinajstić information content (AvgIpc) is 2.10. The summed E-state index contributed by atoms with van der Waals surface area (Å²) in [6.45, 7) is 7.07. The van der Waals surface area contributed by atoms with E-state index in [2.05, 4.69) is 21.2 Å². The molecule has 0 fully saturated rings. The van der Waals surface area contributed by atoms with Crippen LogP contribution in [0.15, 0.2) is 0 Å². The number of amides is 1. The molecule has 0 aliphatic rings. The largest absolute Gasteiger partial charge is 0.463 e. The first-order chi connectivity index (χ1) is 7.26. The van der Waals surface area contributed by atoms with Gasteiger partial charge in [0.25, 0.3) is 0 Å². The summed E-state index contributed by atoms with van der Waals surface area (Å²) in [6.07, 6.45) is -0.629. The van der Waals surface area contributed by atoms with Gasteiger partial charge in [0.2, 0.25) is 0 Å². The molecule has 1 atom stereocenters.